The van der Waals surface area contributed by atoms with E-state index in [1.54, 1.807) is 43.6 Å². The molecule has 1 aromatic carbocycles. The Labute approximate surface area is 228 Å². The molecule has 0 saturated heterocycles. The molecule has 8 nitrogen and oxygen atoms in total. The number of aryl methyl sites for hydroxylation is 3. The number of alkyl halides is 1. The van der Waals surface area contributed by atoms with Crippen LogP contribution < -0.4 is 9.64 Å². The molecule has 4 rings (SSSR count). The minimum atomic E-state index is -0.814. The average Bonchev–Trinajstić information content (AvgIpc) is 3.45. The topological polar surface area (TPSA) is 82.4 Å². The molecule has 10 heteroatoms. The molecule has 39 heavy (non-hydrogen) atoms. The van der Waals surface area contributed by atoms with Gasteiger partial charge in [-0.3, -0.25) is 4.79 Å². The Kier molecular flexibility index (Phi) is 9.61. The number of rotatable bonds is 11. The third-order valence-corrected chi connectivity index (χ3v) is 7.36. The lowest BCUT2D eigenvalue weighted by Crippen LogP contribution is -2.45. The Morgan fingerprint density at radius 1 is 1.18 bits per heavy atom. The van der Waals surface area contributed by atoms with E-state index < -0.39 is 12.5 Å². The minimum absolute atomic E-state index is 0.00141. The first kappa shape index (κ1) is 28.6. The molecule has 1 saturated carbocycles. The Bertz CT molecular complexity index is 1250. The van der Waals surface area contributed by atoms with Crippen molar-refractivity contribution in [1.29, 1.82) is 0 Å². The van der Waals surface area contributed by atoms with Gasteiger partial charge in [0.05, 0.1) is 37.3 Å². The lowest BCUT2D eigenvalue weighted by molar-refractivity contribution is -0.124. The predicted molar refractivity (Wildman–Crippen MR) is 144 cm³/mol. The summed E-state index contributed by atoms with van der Waals surface area (Å²) < 4.78 is 40.4. The maximum Gasteiger partial charge on any atom is 0.230 e. The fraction of sp³-hybridized carbons (Fsp3) is 0.517. The lowest BCUT2D eigenvalue weighted by Gasteiger charge is -2.35. The average molecular weight is 542 g/mol. The molecule has 0 unspecified atom stereocenters. The summed E-state index contributed by atoms with van der Waals surface area (Å²) in [4.78, 5) is 21.1. The molecule has 0 N–H and O–H groups in total. The van der Waals surface area contributed by atoms with E-state index in [-0.39, 0.29) is 35.1 Å². The largest absolute Gasteiger partial charge is 0.436 e. The minimum Gasteiger partial charge on any atom is -0.436 e. The van der Waals surface area contributed by atoms with Gasteiger partial charge in [-0.15, -0.1) is 0 Å². The van der Waals surface area contributed by atoms with Crippen LogP contribution in [0.3, 0.4) is 0 Å². The van der Waals surface area contributed by atoms with Gasteiger partial charge in [-0.2, -0.15) is 15.0 Å². The summed E-state index contributed by atoms with van der Waals surface area (Å²) in [5, 5.41) is 8.12. The van der Waals surface area contributed by atoms with Gasteiger partial charge in [0.15, 0.2) is 11.6 Å². The van der Waals surface area contributed by atoms with E-state index in [9.17, 15) is 9.18 Å². The van der Waals surface area contributed by atoms with Crippen molar-refractivity contribution in [3.63, 3.8) is 0 Å². The van der Waals surface area contributed by atoms with Crippen molar-refractivity contribution in [2.45, 2.75) is 72.1 Å². The maximum absolute atomic E-state index is 15.4. The first-order chi connectivity index (χ1) is 18.8. The number of hydrogen-bond donors (Lipinski definition) is 0. The van der Waals surface area contributed by atoms with Crippen LogP contribution in [-0.4, -0.2) is 45.6 Å². The highest BCUT2D eigenvalue weighted by Gasteiger charge is 2.33. The smallest absolute Gasteiger partial charge is 0.230 e. The lowest BCUT2D eigenvalue weighted by atomic mass is 9.82. The molecular weight excluding hydrogens is 504 g/mol. The van der Waals surface area contributed by atoms with E-state index in [1.165, 1.54) is 16.9 Å². The summed E-state index contributed by atoms with van der Waals surface area (Å²) in [6.45, 7) is 5.94. The SMILES string of the molecule is COC[C@H](C)N(c1cc(F)c(Oc2ncc(CCn3nccn3)cc2CF)cc1C)C(=O)[C@H]1CC[C@H](C)CC1. The molecule has 1 fully saturated rings. The molecule has 0 bridgehead atoms. The monoisotopic (exact) mass is 541 g/mol. The molecule has 0 aliphatic heterocycles. The van der Waals surface area contributed by atoms with Gasteiger partial charge < -0.3 is 14.4 Å². The number of methoxy groups -OCH3 is 1. The molecule has 1 aliphatic rings. The molecule has 210 valence electrons. The van der Waals surface area contributed by atoms with Crippen LogP contribution in [0.15, 0.2) is 36.8 Å². The van der Waals surface area contributed by atoms with E-state index in [0.717, 1.165) is 31.2 Å². The second-order valence-electron chi connectivity index (χ2n) is 10.5. The number of pyridine rings is 1. The van der Waals surface area contributed by atoms with Crippen LogP contribution in [0.2, 0.25) is 0 Å². The second-order valence-corrected chi connectivity index (χ2v) is 10.5. The summed E-state index contributed by atoms with van der Waals surface area (Å²) in [5.74, 6) is -0.232. The number of carbonyl (C=O) groups is 1. The number of benzene rings is 1. The van der Waals surface area contributed by atoms with Crippen molar-refractivity contribution in [2.24, 2.45) is 11.8 Å². The quantitative estimate of drug-likeness (QED) is 0.304. The van der Waals surface area contributed by atoms with Crippen LogP contribution in [0.25, 0.3) is 0 Å². The van der Waals surface area contributed by atoms with Crippen molar-refractivity contribution >= 4 is 11.6 Å². The molecule has 1 aliphatic carbocycles. The number of halogens is 2. The van der Waals surface area contributed by atoms with Gasteiger partial charge in [-0.1, -0.05) is 6.92 Å². The molecule has 2 heterocycles. The van der Waals surface area contributed by atoms with Gasteiger partial charge in [0.25, 0.3) is 0 Å². The number of anilines is 1. The van der Waals surface area contributed by atoms with Gasteiger partial charge in [0.1, 0.15) is 6.67 Å². The Morgan fingerprint density at radius 3 is 2.56 bits per heavy atom. The fourth-order valence-corrected chi connectivity index (χ4v) is 5.14. The Hall–Kier alpha value is -3.40. The van der Waals surface area contributed by atoms with Crippen LogP contribution >= 0.6 is 0 Å². The summed E-state index contributed by atoms with van der Waals surface area (Å²) in [6, 6.07) is 4.23. The highest BCUT2D eigenvalue weighted by atomic mass is 19.1. The van der Waals surface area contributed by atoms with Gasteiger partial charge >= 0.3 is 0 Å². The maximum atomic E-state index is 15.4. The van der Waals surface area contributed by atoms with Gasteiger partial charge in [-0.25, -0.2) is 13.8 Å². The van der Waals surface area contributed by atoms with E-state index >= 15 is 4.39 Å². The number of aromatic nitrogens is 4. The van der Waals surface area contributed by atoms with Crippen molar-refractivity contribution in [3.8, 4) is 11.6 Å². The van der Waals surface area contributed by atoms with Crippen molar-refractivity contribution in [1.82, 2.24) is 20.0 Å². The normalized spacial score (nSPS) is 18.1. The van der Waals surface area contributed by atoms with Gasteiger partial charge in [-0.05, 0) is 75.1 Å². The van der Waals surface area contributed by atoms with Crippen molar-refractivity contribution < 1.29 is 23.0 Å². The third kappa shape index (κ3) is 6.98. The molecule has 1 amide bonds. The first-order valence-electron chi connectivity index (χ1n) is 13.5. The number of hydrogen-bond acceptors (Lipinski definition) is 6. The summed E-state index contributed by atoms with van der Waals surface area (Å²) in [7, 11) is 1.58. The highest BCUT2D eigenvalue weighted by molar-refractivity contribution is 5.96. The summed E-state index contributed by atoms with van der Waals surface area (Å²) in [5.41, 5.74) is 2.16. The number of ether oxygens (including phenoxy) is 2. The second kappa shape index (κ2) is 13.1. The molecular formula is C29H37F2N5O3. The number of amides is 1. The molecule has 3 aromatic rings. The van der Waals surface area contributed by atoms with E-state index in [1.807, 2.05) is 6.92 Å². The zero-order chi connectivity index (χ0) is 27.9. The van der Waals surface area contributed by atoms with Crippen LogP contribution in [0.1, 0.15) is 56.2 Å². The number of nitrogens with zero attached hydrogens (tertiary/aromatic N) is 5. The predicted octanol–water partition coefficient (Wildman–Crippen LogP) is 5.82. The van der Waals surface area contributed by atoms with Crippen LogP contribution in [-0.2, 0) is 29.2 Å². The Balaban J connectivity index is 1.56. The zero-order valence-corrected chi connectivity index (χ0v) is 23.1. The van der Waals surface area contributed by atoms with E-state index in [4.69, 9.17) is 9.47 Å². The van der Waals surface area contributed by atoms with Crippen molar-refractivity contribution in [3.05, 3.63) is 59.3 Å². The highest BCUT2D eigenvalue weighted by Crippen LogP contribution is 2.36. The molecule has 2 aromatic heterocycles. The Morgan fingerprint density at radius 2 is 1.90 bits per heavy atom. The van der Waals surface area contributed by atoms with Crippen LogP contribution in [0, 0.1) is 24.6 Å². The zero-order valence-electron chi connectivity index (χ0n) is 23.1. The number of carbonyl (C=O) groups excluding carboxylic acids is 1. The van der Waals surface area contributed by atoms with Crippen LogP contribution in [0.4, 0.5) is 14.5 Å². The van der Waals surface area contributed by atoms with Gasteiger partial charge in [0.2, 0.25) is 11.8 Å². The standard InChI is InChI=1S/C29H37F2N5O3/c1-19-5-7-23(8-6-19)29(37)36(21(3)18-38-4)26-15-25(31)27(13-20(26)2)39-28-24(16-30)14-22(17-32-28)9-12-35-33-10-11-34-35/h10-11,13-15,17,19,21,23H,5-9,12,16,18H2,1-4H3/t19-,21-,23-/m0/s1. The third-order valence-electron chi connectivity index (χ3n) is 7.36. The molecule has 0 spiro atoms. The first-order valence-corrected chi connectivity index (χ1v) is 13.5. The van der Waals surface area contributed by atoms with Gasteiger partial charge in [0, 0.05) is 30.9 Å². The molecule has 1 atom stereocenters. The summed E-state index contributed by atoms with van der Waals surface area (Å²) >= 11 is 0. The van der Waals surface area contributed by atoms with Crippen molar-refractivity contribution in [2.75, 3.05) is 18.6 Å². The van der Waals surface area contributed by atoms with E-state index in [2.05, 4.69) is 22.1 Å². The summed E-state index contributed by atoms with van der Waals surface area (Å²) in [6.07, 6.45) is 8.98. The molecule has 0 radical (unpaired) electrons. The fourth-order valence-electron chi connectivity index (χ4n) is 5.14. The van der Waals surface area contributed by atoms with E-state index in [0.29, 0.717) is 36.7 Å². The van der Waals surface area contributed by atoms with Crippen LogP contribution in [0.5, 0.6) is 11.6 Å².